The molecule has 0 spiro atoms. The minimum absolute atomic E-state index is 0.0664. The van der Waals surface area contributed by atoms with Crippen molar-refractivity contribution < 1.29 is 4.79 Å². The molecule has 2 heterocycles. The summed E-state index contributed by atoms with van der Waals surface area (Å²) in [5, 5.41) is 4.30. The first-order valence-corrected chi connectivity index (χ1v) is 8.93. The minimum atomic E-state index is 0.0664. The lowest BCUT2D eigenvalue weighted by molar-refractivity contribution is -0.117. The van der Waals surface area contributed by atoms with Crippen molar-refractivity contribution in [3.05, 3.63) is 66.4 Å². The number of benzene rings is 2. The largest absolute Gasteiger partial charge is 0.361 e. The zero-order valence-corrected chi connectivity index (χ0v) is 14.2. The minimum Gasteiger partial charge on any atom is -0.361 e. The standard InChI is InChI=1S/C21H23N3O/c25-21(23-17-6-2-1-3-7-17)15-24-12-10-16(11-13-24)19-14-22-20-9-5-4-8-18(19)20/h1-9,14,16,22H,10-13,15H2,(H,23,25). The lowest BCUT2D eigenvalue weighted by atomic mass is 9.89. The first-order chi connectivity index (χ1) is 12.3. The van der Waals surface area contributed by atoms with Crippen LogP contribution in [0.3, 0.4) is 0 Å². The zero-order chi connectivity index (χ0) is 17.1. The van der Waals surface area contributed by atoms with Crippen LogP contribution in [0.5, 0.6) is 0 Å². The van der Waals surface area contributed by atoms with E-state index in [1.165, 1.54) is 16.5 Å². The van der Waals surface area contributed by atoms with Crippen molar-refractivity contribution in [3.63, 3.8) is 0 Å². The van der Waals surface area contributed by atoms with Gasteiger partial charge in [0.15, 0.2) is 0 Å². The SMILES string of the molecule is O=C(CN1CCC(c2c[nH]c3ccccc23)CC1)Nc1ccccc1. The summed E-state index contributed by atoms with van der Waals surface area (Å²) < 4.78 is 0. The average Bonchev–Trinajstić information content (AvgIpc) is 3.07. The second-order valence-electron chi connectivity index (χ2n) is 6.75. The second-order valence-corrected chi connectivity index (χ2v) is 6.75. The van der Waals surface area contributed by atoms with Crippen LogP contribution in [0.4, 0.5) is 5.69 Å². The first kappa shape index (κ1) is 15.9. The number of amides is 1. The summed E-state index contributed by atoms with van der Waals surface area (Å²) in [6.07, 6.45) is 4.36. The van der Waals surface area contributed by atoms with Crippen LogP contribution in [0.1, 0.15) is 24.3 Å². The molecule has 2 N–H and O–H groups in total. The molecule has 0 bridgehead atoms. The van der Waals surface area contributed by atoms with Gasteiger partial charge in [-0.2, -0.15) is 0 Å². The van der Waals surface area contributed by atoms with E-state index in [1.807, 2.05) is 30.3 Å². The van der Waals surface area contributed by atoms with E-state index in [0.29, 0.717) is 12.5 Å². The highest BCUT2D eigenvalue weighted by molar-refractivity contribution is 5.92. The zero-order valence-electron chi connectivity index (χ0n) is 14.2. The van der Waals surface area contributed by atoms with Gasteiger partial charge in [0.1, 0.15) is 0 Å². The molecule has 1 aliphatic heterocycles. The number of likely N-dealkylation sites (tertiary alicyclic amines) is 1. The summed E-state index contributed by atoms with van der Waals surface area (Å²) in [5.41, 5.74) is 3.49. The Bertz CT molecular complexity index is 848. The number of carbonyl (C=O) groups excluding carboxylic acids is 1. The molecule has 1 aromatic heterocycles. The van der Waals surface area contributed by atoms with Gasteiger partial charge in [0, 0.05) is 22.8 Å². The normalized spacial score (nSPS) is 16.2. The molecular formula is C21H23N3O. The number of rotatable bonds is 4. The molecule has 4 heteroatoms. The maximum atomic E-state index is 12.2. The number of H-pyrrole nitrogens is 1. The van der Waals surface area contributed by atoms with Gasteiger partial charge in [-0.1, -0.05) is 36.4 Å². The molecule has 25 heavy (non-hydrogen) atoms. The molecule has 0 aliphatic carbocycles. The molecular weight excluding hydrogens is 310 g/mol. The molecule has 4 nitrogen and oxygen atoms in total. The fourth-order valence-corrected chi connectivity index (χ4v) is 3.76. The number of hydrogen-bond acceptors (Lipinski definition) is 2. The Morgan fingerprint density at radius 1 is 1.04 bits per heavy atom. The summed E-state index contributed by atoms with van der Waals surface area (Å²) in [6.45, 7) is 2.40. The van der Waals surface area contributed by atoms with Gasteiger partial charge < -0.3 is 10.3 Å². The van der Waals surface area contributed by atoms with Gasteiger partial charge in [0.25, 0.3) is 0 Å². The van der Waals surface area contributed by atoms with E-state index in [-0.39, 0.29) is 5.91 Å². The second kappa shape index (κ2) is 7.11. The van der Waals surface area contributed by atoms with Crippen LogP contribution in [0.25, 0.3) is 10.9 Å². The van der Waals surface area contributed by atoms with Crippen LogP contribution >= 0.6 is 0 Å². The van der Waals surface area contributed by atoms with Gasteiger partial charge in [-0.25, -0.2) is 0 Å². The molecule has 1 aliphatic rings. The van der Waals surface area contributed by atoms with Gasteiger partial charge in [0.2, 0.25) is 5.91 Å². The molecule has 0 unspecified atom stereocenters. The van der Waals surface area contributed by atoms with E-state index < -0.39 is 0 Å². The Morgan fingerprint density at radius 2 is 1.76 bits per heavy atom. The number of aromatic amines is 1. The van der Waals surface area contributed by atoms with E-state index in [9.17, 15) is 4.79 Å². The van der Waals surface area contributed by atoms with Crippen LogP contribution in [-0.2, 0) is 4.79 Å². The number of hydrogen-bond donors (Lipinski definition) is 2. The monoisotopic (exact) mass is 333 g/mol. The first-order valence-electron chi connectivity index (χ1n) is 8.93. The lowest BCUT2D eigenvalue weighted by Crippen LogP contribution is -2.38. The third-order valence-corrected chi connectivity index (χ3v) is 5.07. The van der Waals surface area contributed by atoms with Gasteiger partial charge in [-0.05, 0) is 55.6 Å². The Hall–Kier alpha value is -2.59. The molecule has 0 radical (unpaired) electrons. The lowest BCUT2D eigenvalue weighted by Gasteiger charge is -2.31. The summed E-state index contributed by atoms with van der Waals surface area (Å²) >= 11 is 0. The van der Waals surface area contributed by atoms with Crippen molar-refractivity contribution in [2.24, 2.45) is 0 Å². The van der Waals surface area contributed by atoms with Crippen molar-refractivity contribution in [3.8, 4) is 0 Å². The van der Waals surface area contributed by atoms with Crippen LogP contribution in [0.15, 0.2) is 60.8 Å². The number of aromatic nitrogens is 1. The van der Waals surface area contributed by atoms with Crippen molar-refractivity contribution in [2.75, 3.05) is 25.0 Å². The molecule has 4 rings (SSSR count). The molecule has 128 valence electrons. The number of carbonyl (C=O) groups is 1. The summed E-state index contributed by atoms with van der Waals surface area (Å²) in [7, 11) is 0. The fourth-order valence-electron chi connectivity index (χ4n) is 3.76. The van der Waals surface area contributed by atoms with Crippen molar-refractivity contribution in [2.45, 2.75) is 18.8 Å². The van der Waals surface area contributed by atoms with Crippen molar-refractivity contribution in [1.29, 1.82) is 0 Å². The Balaban J connectivity index is 1.33. The predicted molar refractivity (Wildman–Crippen MR) is 102 cm³/mol. The van der Waals surface area contributed by atoms with Gasteiger partial charge in [-0.3, -0.25) is 9.69 Å². The number of piperidine rings is 1. The maximum absolute atomic E-state index is 12.2. The summed E-state index contributed by atoms with van der Waals surface area (Å²) in [5.74, 6) is 0.640. The van der Waals surface area contributed by atoms with E-state index >= 15 is 0 Å². The molecule has 1 fully saturated rings. The molecule has 2 aromatic carbocycles. The number of para-hydroxylation sites is 2. The Morgan fingerprint density at radius 3 is 2.56 bits per heavy atom. The fraction of sp³-hybridized carbons (Fsp3) is 0.286. The summed E-state index contributed by atoms with van der Waals surface area (Å²) in [6, 6.07) is 18.1. The summed E-state index contributed by atoms with van der Waals surface area (Å²) in [4.78, 5) is 17.8. The number of anilines is 1. The van der Waals surface area contributed by atoms with Gasteiger partial charge >= 0.3 is 0 Å². The van der Waals surface area contributed by atoms with E-state index in [0.717, 1.165) is 31.6 Å². The molecule has 0 saturated carbocycles. The quantitative estimate of drug-likeness (QED) is 0.758. The highest BCUT2D eigenvalue weighted by Gasteiger charge is 2.23. The van der Waals surface area contributed by atoms with E-state index in [4.69, 9.17) is 0 Å². The van der Waals surface area contributed by atoms with Gasteiger partial charge in [0.05, 0.1) is 6.54 Å². The molecule has 1 amide bonds. The van der Waals surface area contributed by atoms with Crippen LogP contribution in [0.2, 0.25) is 0 Å². The average molecular weight is 333 g/mol. The topological polar surface area (TPSA) is 48.1 Å². The van der Waals surface area contributed by atoms with Crippen LogP contribution in [0, 0.1) is 0 Å². The third kappa shape index (κ3) is 3.59. The highest BCUT2D eigenvalue weighted by Crippen LogP contribution is 2.32. The van der Waals surface area contributed by atoms with E-state index in [1.54, 1.807) is 0 Å². The van der Waals surface area contributed by atoms with Crippen molar-refractivity contribution in [1.82, 2.24) is 9.88 Å². The molecule has 0 atom stereocenters. The van der Waals surface area contributed by atoms with Crippen LogP contribution < -0.4 is 5.32 Å². The van der Waals surface area contributed by atoms with Gasteiger partial charge in [-0.15, -0.1) is 0 Å². The number of fused-ring (bicyclic) bond motifs is 1. The Kier molecular flexibility index (Phi) is 4.53. The number of nitrogens with one attached hydrogen (secondary N) is 2. The van der Waals surface area contributed by atoms with E-state index in [2.05, 4.69) is 45.7 Å². The number of nitrogens with zero attached hydrogens (tertiary/aromatic N) is 1. The third-order valence-electron chi connectivity index (χ3n) is 5.07. The van der Waals surface area contributed by atoms with Crippen LogP contribution in [-0.4, -0.2) is 35.4 Å². The maximum Gasteiger partial charge on any atom is 0.238 e. The molecule has 1 saturated heterocycles. The Labute approximate surface area is 147 Å². The smallest absolute Gasteiger partial charge is 0.238 e. The predicted octanol–water partition coefficient (Wildman–Crippen LogP) is 3.99. The highest BCUT2D eigenvalue weighted by atomic mass is 16.2. The molecule has 3 aromatic rings. The van der Waals surface area contributed by atoms with Crippen molar-refractivity contribution >= 4 is 22.5 Å².